The van der Waals surface area contributed by atoms with Gasteiger partial charge in [-0.1, -0.05) is 39.0 Å². The Balaban J connectivity index is 1.99. The Morgan fingerprint density at radius 2 is 2.00 bits per heavy atom. The first kappa shape index (κ1) is 18.8. The van der Waals surface area contributed by atoms with Crippen LogP contribution in [0.5, 0.6) is 0 Å². The van der Waals surface area contributed by atoms with E-state index >= 15 is 0 Å². The van der Waals surface area contributed by atoms with Crippen molar-refractivity contribution in [3.05, 3.63) is 76.9 Å². The number of nitrogens with one attached hydrogen (secondary N) is 1. The van der Waals surface area contributed by atoms with Gasteiger partial charge in [0.1, 0.15) is 0 Å². The number of aryl methyl sites for hydroxylation is 1. The standard InChI is InChI=1S/C22H26N4O/c1-5-19-20(22(27)24-14-17-10-6-7-12-23-17)21(15(2)3)25-26(19)18-11-8-9-16(4)13-18/h6-13,15H,5,14H2,1-4H3,(H,24,27). The number of nitrogens with zero attached hydrogens (tertiary/aromatic N) is 3. The van der Waals surface area contributed by atoms with E-state index in [1.807, 2.05) is 35.0 Å². The van der Waals surface area contributed by atoms with Crippen LogP contribution in [0.1, 0.15) is 59.7 Å². The minimum atomic E-state index is -0.0971. The fourth-order valence-corrected chi connectivity index (χ4v) is 3.19. The highest BCUT2D eigenvalue weighted by atomic mass is 16.1. The highest BCUT2D eigenvalue weighted by molar-refractivity contribution is 5.96. The minimum absolute atomic E-state index is 0.0971. The number of carbonyl (C=O) groups excluding carboxylic acids is 1. The van der Waals surface area contributed by atoms with Crippen LogP contribution in [0.15, 0.2) is 48.7 Å². The molecule has 2 heterocycles. The van der Waals surface area contributed by atoms with Crippen molar-refractivity contribution in [2.24, 2.45) is 0 Å². The molecule has 0 bridgehead atoms. The second-order valence-electron chi connectivity index (χ2n) is 6.97. The molecule has 0 unspecified atom stereocenters. The molecule has 0 spiro atoms. The number of benzene rings is 1. The van der Waals surface area contributed by atoms with Crippen LogP contribution in [0.4, 0.5) is 0 Å². The molecular weight excluding hydrogens is 336 g/mol. The molecule has 5 heteroatoms. The molecule has 1 amide bonds. The fraction of sp³-hybridized carbons (Fsp3) is 0.318. The molecule has 1 N–H and O–H groups in total. The highest BCUT2D eigenvalue weighted by Gasteiger charge is 2.25. The second-order valence-corrected chi connectivity index (χ2v) is 6.97. The predicted octanol–water partition coefficient (Wildman–Crippen LogP) is 4.19. The number of pyridine rings is 1. The van der Waals surface area contributed by atoms with Gasteiger partial charge in [-0.2, -0.15) is 5.10 Å². The maximum Gasteiger partial charge on any atom is 0.255 e. The van der Waals surface area contributed by atoms with E-state index in [4.69, 9.17) is 5.10 Å². The first-order chi connectivity index (χ1) is 13.0. The van der Waals surface area contributed by atoms with Gasteiger partial charge in [-0.15, -0.1) is 0 Å². The van der Waals surface area contributed by atoms with Gasteiger partial charge in [-0.3, -0.25) is 9.78 Å². The molecule has 0 radical (unpaired) electrons. The molecule has 140 valence electrons. The zero-order valence-electron chi connectivity index (χ0n) is 16.4. The van der Waals surface area contributed by atoms with E-state index < -0.39 is 0 Å². The molecule has 0 aliphatic rings. The van der Waals surface area contributed by atoms with E-state index in [0.29, 0.717) is 12.1 Å². The summed E-state index contributed by atoms with van der Waals surface area (Å²) in [6.45, 7) is 8.65. The van der Waals surface area contributed by atoms with Crippen molar-refractivity contribution in [1.82, 2.24) is 20.1 Å². The van der Waals surface area contributed by atoms with Gasteiger partial charge in [0.05, 0.1) is 34.9 Å². The number of carbonyl (C=O) groups is 1. The van der Waals surface area contributed by atoms with Gasteiger partial charge in [0, 0.05) is 6.20 Å². The molecule has 1 aromatic carbocycles. The largest absolute Gasteiger partial charge is 0.346 e. The number of aromatic nitrogens is 3. The van der Waals surface area contributed by atoms with Gasteiger partial charge in [0.25, 0.3) is 5.91 Å². The fourth-order valence-electron chi connectivity index (χ4n) is 3.19. The van der Waals surface area contributed by atoms with Crippen molar-refractivity contribution in [2.75, 3.05) is 0 Å². The SMILES string of the molecule is CCc1c(C(=O)NCc2ccccn2)c(C(C)C)nn1-c1cccc(C)c1. The molecule has 5 nitrogen and oxygen atoms in total. The molecule has 3 rings (SSSR count). The lowest BCUT2D eigenvalue weighted by Gasteiger charge is -2.10. The Kier molecular flexibility index (Phi) is 5.69. The Labute approximate surface area is 160 Å². The third-order valence-corrected chi connectivity index (χ3v) is 4.52. The molecule has 3 aromatic rings. The lowest BCUT2D eigenvalue weighted by molar-refractivity contribution is 0.0948. The Morgan fingerprint density at radius 3 is 2.63 bits per heavy atom. The first-order valence-electron chi connectivity index (χ1n) is 9.38. The first-order valence-corrected chi connectivity index (χ1v) is 9.38. The summed E-state index contributed by atoms with van der Waals surface area (Å²) in [7, 11) is 0. The Hall–Kier alpha value is -2.95. The smallest absolute Gasteiger partial charge is 0.255 e. The van der Waals surface area contributed by atoms with Crippen molar-refractivity contribution in [3.63, 3.8) is 0 Å². The zero-order chi connectivity index (χ0) is 19.4. The highest BCUT2D eigenvalue weighted by Crippen LogP contribution is 2.25. The summed E-state index contributed by atoms with van der Waals surface area (Å²) in [6.07, 6.45) is 2.45. The van der Waals surface area contributed by atoms with Crippen LogP contribution in [-0.4, -0.2) is 20.7 Å². The van der Waals surface area contributed by atoms with Crippen molar-refractivity contribution in [3.8, 4) is 5.69 Å². The molecule has 0 saturated carbocycles. The van der Waals surface area contributed by atoms with E-state index in [-0.39, 0.29) is 11.8 Å². The molecule has 0 aliphatic carbocycles. The maximum atomic E-state index is 13.0. The van der Waals surface area contributed by atoms with Gasteiger partial charge in [-0.05, 0) is 49.1 Å². The summed E-state index contributed by atoms with van der Waals surface area (Å²) >= 11 is 0. The predicted molar refractivity (Wildman–Crippen MR) is 107 cm³/mol. The van der Waals surface area contributed by atoms with Gasteiger partial charge in [0.2, 0.25) is 0 Å². The third-order valence-electron chi connectivity index (χ3n) is 4.52. The quantitative estimate of drug-likeness (QED) is 0.715. The van der Waals surface area contributed by atoms with E-state index in [1.165, 1.54) is 0 Å². The van der Waals surface area contributed by atoms with Crippen molar-refractivity contribution < 1.29 is 4.79 Å². The van der Waals surface area contributed by atoms with E-state index in [1.54, 1.807) is 6.20 Å². The van der Waals surface area contributed by atoms with Crippen molar-refractivity contribution in [2.45, 2.75) is 46.6 Å². The van der Waals surface area contributed by atoms with Crippen LogP contribution in [0.25, 0.3) is 5.69 Å². The lowest BCUT2D eigenvalue weighted by Crippen LogP contribution is -2.25. The van der Waals surface area contributed by atoms with Crippen LogP contribution >= 0.6 is 0 Å². The third kappa shape index (κ3) is 4.08. The molecule has 0 saturated heterocycles. The molecule has 0 atom stereocenters. The summed E-state index contributed by atoms with van der Waals surface area (Å²) in [6, 6.07) is 13.9. The monoisotopic (exact) mass is 362 g/mol. The van der Waals surface area contributed by atoms with Crippen LogP contribution in [0.3, 0.4) is 0 Å². The van der Waals surface area contributed by atoms with E-state index in [2.05, 4.69) is 50.1 Å². The molecule has 0 fully saturated rings. The summed E-state index contributed by atoms with van der Waals surface area (Å²) in [5.41, 5.74) is 5.43. The van der Waals surface area contributed by atoms with Gasteiger partial charge in [-0.25, -0.2) is 4.68 Å². The van der Waals surface area contributed by atoms with Crippen LogP contribution in [0.2, 0.25) is 0 Å². The zero-order valence-corrected chi connectivity index (χ0v) is 16.4. The molecule has 2 aromatic heterocycles. The molecule has 0 aliphatic heterocycles. The van der Waals surface area contributed by atoms with Crippen LogP contribution in [0, 0.1) is 6.92 Å². The van der Waals surface area contributed by atoms with Crippen molar-refractivity contribution >= 4 is 5.91 Å². The summed E-state index contributed by atoms with van der Waals surface area (Å²) < 4.78 is 1.91. The summed E-state index contributed by atoms with van der Waals surface area (Å²) in [4.78, 5) is 17.3. The van der Waals surface area contributed by atoms with Gasteiger partial charge < -0.3 is 5.32 Å². The van der Waals surface area contributed by atoms with Crippen molar-refractivity contribution in [1.29, 1.82) is 0 Å². The number of hydrogen-bond donors (Lipinski definition) is 1. The number of rotatable bonds is 6. The Bertz CT molecular complexity index is 929. The molecule has 27 heavy (non-hydrogen) atoms. The lowest BCUT2D eigenvalue weighted by atomic mass is 10.0. The van der Waals surface area contributed by atoms with E-state index in [9.17, 15) is 4.79 Å². The average Bonchev–Trinajstić information content (AvgIpc) is 3.07. The van der Waals surface area contributed by atoms with Crippen LogP contribution in [-0.2, 0) is 13.0 Å². The second kappa shape index (κ2) is 8.16. The minimum Gasteiger partial charge on any atom is -0.346 e. The Morgan fingerprint density at radius 1 is 1.19 bits per heavy atom. The van der Waals surface area contributed by atoms with E-state index in [0.717, 1.165) is 34.8 Å². The van der Waals surface area contributed by atoms with Crippen LogP contribution < -0.4 is 5.32 Å². The maximum absolute atomic E-state index is 13.0. The molecular formula is C22H26N4O. The summed E-state index contributed by atoms with van der Waals surface area (Å²) in [5.74, 6) is 0.0528. The topological polar surface area (TPSA) is 59.8 Å². The van der Waals surface area contributed by atoms with Gasteiger partial charge in [0.15, 0.2) is 0 Å². The normalized spacial score (nSPS) is 11.0. The average molecular weight is 362 g/mol. The van der Waals surface area contributed by atoms with Gasteiger partial charge >= 0.3 is 0 Å². The summed E-state index contributed by atoms with van der Waals surface area (Å²) in [5, 5.41) is 7.81. The number of hydrogen-bond acceptors (Lipinski definition) is 3. The number of amides is 1.